The zero-order chi connectivity index (χ0) is 39.0. The van der Waals surface area contributed by atoms with Crippen LogP contribution in [0.4, 0.5) is 0 Å². The molecule has 55 heavy (non-hydrogen) atoms. The number of phenolic OH excluding ortho intramolecular Hbond substituents is 1. The second kappa shape index (κ2) is 22.3. The van der Waals surface area contributed by atoms with Crippen LogP contribution in [0.2, 0.25) is 0 Å². The minimum absolute atomic E-state index is 0. The van der Waals surface area contributed by atoms with E-state index in [4.69, 9.17) is 10.5 Å². The molecular formula is C44H55ClN4O6. The molecule has 0 saturated carbocycles. The lowest BCUT2D eigenvalue weighted by Crippen LogP contribution is -2.54. The van der Waals surface area contributed by atoms with Crippen molar-refractivity contribution >= 4 is 41.3 Å². The van der Waals surface area contributed by atoms with Crippen LogP contribution in [0.1, 0.15) is 62.3 Å². The number of halogens is 1. The standard InChI is InChI=1S/C44H54N4O6.ClH/c1-5-37(32-14-10-7-11-15-32)41(33-16-20-35(49)21-17-33)34-18-22-36(23-19-34)54-27-26-48(4)40(50)24-25-46-43(52)39(28-30(2)3)47-44(53)42(51)38(45)29-31-12-8-6-9-13-31;/h6-23,30,38-39,42,49,51H,5,24-29,45H2,1-4H3,(H,46,52)(H,47,53);1H/b41-37-;/t38-,39+,42+;/m1./s1. The van der Waals surface area contributed by atoms with E-state index in [0.717, 1.165) is 34.2 Å². The zero-order valence-electron chi connectivity index (χ0n) is 32.1. The summed E-state index contributed by atoms with van der Waals surface area (Å²) >= 11 is 0. The van der Waals surface area contributed by atoms with E-state index in [1.807, 2.05) is 98.8 Å². The van der Waals surface area contributed by atoms with Crippen LogP contribution in [0.25, 0.3) is 11.1 Å². The molecule has 0 saturated heterocycles. The molecule has 4 rings (SSSR count). The van der Waals surface area contributed by atoms with E-state index in [0.29, 0.717) is 25.1 Å². The fraction of sp³-hybridized carbons (Fsp3) is 0.341. The van der Waals surface area contributed by atoms with Gasteiger partial charge in [-0.3, -0.25) is 14.4 Å². The van der Waals surface area contributed by atoms with Crippen LogP contribution in [0, 0.1) is 5.92 Å². The van der Waals surface area contributed by atoms with Crippen LogP contribution in [0.5, 0.6) is 11.5 Å². The number of nitrogens with two attached hydrogens (primary N) is 1. The molecule has 0 spiro atoms. The Morgan fingerprint density at radius 2 is 1.40 bits per heavy atom. The number of nitrogens with zero attached hydrogens (tertiary/aromatic N) is 1. The maximum Gasteiger partial charge on any atom is 0.251 e. The number of aliphatic hydroxyl groups is 1. The van der Waals surface area contributed by atoms with E-state index in [-0.39, 0.29) is 49.6 Å². The zero-order valence-corrected chi connectivity index (χ0v) is 32.9. The second-order valence-electron chi connectivity index (χ2n) is 13.8. The third-order valence-electron chi connectivity index (χ3n) is 9.16. The van der Waals surface area contributed by atoms with Crippen LogP contribution in [-0.2, 0) is 20.8 Å². The van der Waals surface area contributed by atoms with Crippen molar-refractivity contribution in [2.24, 2.45) is 11.7 Å². The van der Waals surface area contributed by atoms with Gasteiger partial charge >= 0.3 is 0 Å². The van der Waals surface area contributed by atoms with Gasteiger partial charge in [0.05, 0.1) is 6.54 Å². The number of hydrogen-bond acceptors (Lipinski definition) is 7. The van der Waals surface area contributed by atoms with Crippen LogP contribution in [-0.4, -0.2) is 77.8 Å². The van der Waals surface area contributed by atoms with Crippen molar-refractivity contribution in [1.82, 2.24) is 15.5 Å². The van der Waals surface area contributed by atoms with Gasteiger partial charge in [0.15, 0.2) is 0 Å². The lowest BCUT2D eigenvalue weighted by atomic mass is 9.88. The van der Waals surface area contributed by atoms with Crippen molar-refractivity contribution in [2.75, 3.05) is 26.7 Å². The molecule has 0 bridgehead atoms. The molecule has 0 aromatic heterocycles. The number of aromatic hydroxyl groups is 1. The first-order valence-corrected chi connectivity index (χ1v) is 18.6. The average Bonchev–Trinajstić information content (AvgIpc) is 3.17. The molecule has 6 N–H and O–H groups in total. The molecule has 0 fully saturated rings. The van der Waals surface area contributed by atoms with E-state index in [1.54, 1.807) is 24.1 Å². The average molecular weight is 771 g/mol. The maximum absolute atomic E-state index is 13.1. The maximum atomic E-state index is 13.1. The molecule has 0 unspecified atom stereocenters. The third-order valence-corrected chi connectivity index (χ3v) is 9.16. The third kappa shape index (κ3) is 13.6. The predicted molar refractivity (Wildman–Crippen MR) is 221 cm³/mol. The topological polar surface area (TPSA) is 154 Å². The Morgan fingerprint density at radius 3 is 1.98 bits per heavy atom. The van der Waals surface area contributed by atoms with Gasteiger partial charge in [-0.05, 0) is 82.8 Å². The smallest absolute Gasteiger partial charge is 0.251 e. The molecule has 0 aliphatic carbocycles. The van der Waals surface area contributed by atoms with E-state index in [2.05, 4.69) is 29.7 Å². The van der Waals surface area contributed by atoms with Gasteiger partial charge in [-0.1, -0.05) is 106 Å². The van der Waals surface area contributed by atoms with E-state index >= 15 is 0 Å². The van der Waals surface area contributed by atoms with Crippen molar-refractivity contribution in [3.63, 3.8) is 0 Å². The lowest BCUT2D eigenvalue weighted by Gasteiger charge is -2.24. The van der Waals surface area contributed by atoms with E-state index < -0.39 is 30.0 Å². The number of ether oxygens (including phenoxy) is 1. The summed E-state index contributed by atoms with van der Waals surface area (Å²) < 4.78 is 5.99. The summed E-state index contributed by atoms with van der Waals surface area (Å²) in [5, 5.41) is 25.9. The number of carbonyl (C=O) groups excluding carboxylic acids is 3. The number of hydrogen-bond donors (Lipinski definition) is 5. The molecule has 10 nitrogen and oxygen atoms in total. The summed E-state index contributed by atoms with van der Waals surface area (Å²) in [6, 6.07) is 32.9. The second-order valence-corrected chi connectivity index (χ2v) is 13.8. The van der Waals surface area contributed by atoms with Crippen molar-refractivity contribution in [3.05, 3.63) is 131 Å². The molecule has 0 aliphatic rings. The monoisotopic (exact) mass is 770 g/mol. The summed E-state index contributed by atoms with van der Waals surface area (Å²) in [7, 11) is 1.68. The number of allylic oxidation sites excluding steroid dienone is 1. The Labute approximate surface area is 331 Å². The van der Waals surface area contributed by atoms with Gasteiger partial charge < -0.3 is 36.2 Å². The van der Waals surface area contributed by atoms with E-state index in [1.165, 1.54) is 5.57 Å². The Hall–Kier alpha value is -5.16. The van der Waals surface area contributed by atoms with Crippen molar-refractivity contribution in [1.29, 1.82) is 0 Å². The van der Waals surface area contributed by atoms with Crippen molar-refractivity contribution < 1.29 is 29.3 Å². The van der Waals surface area contributed by atoms with Gasteiger partial charge in [0.2, 0.25) is 11.8 Å². The Kier molecular flexibility index (Phi) is 17.9. The number of rotatable bonds is 19. The molecule has 0 radical (unpaired) electrons. The highest BCUT2D eigenvalue weighted by Crippen LogP contribution is 2.35. The fourth-order valence-electron chi connectivity index (χ4n) is 6.21. The lowest BCUT2D eigenvalue weighted by molar-refractivity contribution is -0.135. The number of amides is 3. The Balaban J connectivity index is 0.00000812. The summed E-state index contributed by atoms with van der Waals surface area (Å²) in [5.41, 5.74) is 12.4. The minimum Gasteiger partial charge on any atom is -0.508 e. The Morgan fingerprint density at radius 1 is 0.818 bits per heavy atom. The number of benzene rings is 4. The molecule has 294 valence electrons. The van der Waals surface area contributed by atoms with Gasteiger partial charge in [-0.25, -0.2) is 0 Å². The molecule has 4 aromatic rings. The SMILES string of the molecule is CC/C(=C(\c1ccc(O)cc1)c1ccc(OCCN(C)C(=O)CCNC(=O)[C@H](CC(C)C)NC(=O)[C@@H](O)[C@H](N)Cc2ccccc2)cc1)c1ccccc1.Cl. The van der Waals surface area contributed by atoms with E-state index in [9.17, 15) is 24.6 Å². The number of nitrogens with one attached hydrogen (secondary N) is 2. The highest BCUT2D eigenvalue weighted by molar-refractivity contribution is 5.98. The van der Waals surface area contributed by atoms with Crippen LogP contribution < -0.4 is 21.1 Å². The van der Waals surface area contributed by atoms with Gasteiger partial charge in [-0.2, -0.15) is 0 Å². The number of phenols is 1. The van der Waals surface area contributed by atoms with Gasteiger partial charge in [-0.15, -0.1) is 12.4 Å². The number of aliphatic hydroxyl groups excluding tert-OH is 1. The first kappa shape index (κ1) is 44.2. The first-order chi connectivity index (χ1) is 26.0. The van der Waals surface area contributed by atoms with Gasteiger partial charge in [0.1, 0.15) is 30.3 Å². The quantitative estimate of drug-likeness (QED) is 0.0735. The predicted octanol–water partition coefficient (Wildman–Crippen LogP) is 5.99. The van der Waals surface area contributed by atoms with Crippen molar-refractivity contribution in [3.8, 4) is 11.5 Å². The summed E-state index contributed by atoms with van der Waals surface area (Å²) in [5.74, 6) is -0.349. The highest BCUT2D eigenvalue weighted by Gasteiger charge is 2.28. The number of likely N-dealkylation sites (N-methyl/N-ethyl adjacent to an activating group) is 1. The summed E-state index contributed by atoms with van der Waals surface area (Å²) in [6.07, 6.45) is 0.0467. The molecular weight excluding hydrogens is 716 g/mol. The van der Waals surface area contributed by atoms with Gasteiger partial charge in [0, 0.05) is 26.1 Å². The number of carbonyl (C=O) groups is 3. The molecule has 4 aromatic carbocycles. The van der Waals surface area contributed by atoms with Crippen LogP contribution >= 0.6 is 12.4 Å². The first-order valence-electron chi connectivity index (χ1n) is 18.6. The van der Waals surface area contributed by atoms with Gasteiger partial charge in [0.25, 0.3) is 5.91 Å². The summed E-state index contributed by atoms with van der Waals surface area (Å²) in [4.78, 5) is 40.3. The van der Waals surface area contributed by atoms with Crippen LogP contribution in [0.15, 0.2) is 109 Å². The highest BCUT2D eigenvalue weighted by atomic mass is 35.5. The Bertz CT molecular complexity index is 1820. The molecule has 11 heteroatoms. The fourth-order valence-corrected chi connectivity index (χ4v) is 6.21. The summed E-state index contributed by atoms with van der Waals surface area (Å²) in [6.45, 7) is 6.70. The van der Waals surface area contributed by atoms with Crippen LogP contribution in [0.3, 0.4) is 0 Å². The molecule has 0 heterocycles. The minimum atomic E-state index is -1.49. The molecule has 0 aliphatic heterocycles. The largest absolute Gasteiger partial charge is 0.508 e. The molecule has 3 atom stereocenters. The molecule has 3 amide bonds. The van der Waals surface area contributed by atoms with Crippen molar-refractivity contribution in [2.45, 2.75) is 64.6 Å². The normalized spacial score (nSPS) is 13.1.